The van der Waals surface area contributed by atoms with Gasteiger partial charge in [0, 0.05) is 12.7 Å². The number of nitrogens with one attached hydrogen (secondary N) is 1. The lowest BCUT2D eigenvalue weighted by atomic mass is 9.90. The number of hydrogen-bond donors (Lipinski definition) is 2. The van der Waals surface area contributed by atoms with Gasteiger partial charge in [0.05, 0.1) is 0 Å². The SMILES string of the molecule is CCCC1(C(=O)O)CCCN1C(=O)c1ccn[nH]1. The molecule has 0 saturated carbocycles. The van der Waals surface area contributed by atoms with Crippen LogP contribution in [0.5, 0.6) is 0 Å². The lowest BCUT2D eigenvalue weighted by molar-refractivity contribution is -0.148. The van der Waals surface area contributed by atoms with Crippen LogP contribution in [0, 0.1) is 0 Å². The number of carbonyl (C=O) groups is 2. The van der Waals surface area contributed by atoms with Crippen molar-refractivity contribution < 1.29 is 14.7 Å². The third kappa shape index (κ3) is 1.87. The van der Waals surface area contributed by atoms with E-state index >= 15 is 0 Å². The number of carboxylic acid groups (broad SMARTS) is 1. The van der Waals surface area contributed by atoms with E-state index in [1.165, 1.54) is 11.1 Å². The molecule has 1 aromatic rings. The monoisotopic (exact) mass is 251 g/mol. The second-order valence-electron chi connectivity index (χ2n) is 4.62. The Morgan fingerprint density at radius 1 is 1.61 bits per heavy atom. The van der Waals surface area contributed by atoms with Crippen molar-refractivity contribution in [1.29, 1.82) is 0 Å². The molecule has 1 atom stereocenters. The minimum absolute atomic E-state index is 0.277. The molecule has 0 aromatic carbocycles. The average molecular weight is 251 g/mol. The average Bonchev–Trinajstić information content (AvgIpc) is 2.98. The summed E-state index contributed by atoms with van der Waals surface area (Å²) in [5.41, 5.74) is -0.699. The summed E-state index contributed by atoms with van der Waals surface area (Å²) in [5, 5.41) is 15.8. The molecular formula is C12H17N3O3. The summed E-state index contributed by atoms with van der Waals surface area (Å²) in [5.74, 6) is -1.18. The van der Waals surface area contributed by atoms with Crippen LogP contribution in [0.1, 0.15) is 43.1 Å². The highest BCUT2D eigenvalue weighted by atomic mass is 16.4. The highest BCUT2D eigenvalue weighted by Crippen LogP contribution is 2.34. The molecule has 1 saturated heterocycles. The molecule has 1 aliphatic heterocycles. The number of rotatable bonds is 4. The number of H-pyrrole nitrogens is 1. The molecule has 1 fully saturated rings. The quantitative estimate of drug-likeness (QED) is 0.843. The first-order valence-electron chi connectivity index (χ1n) is 6.16. The van der Waals surface area contributed by atoms with Gasteiger partial charge >= 0.3 is 5.97 Å². The molecule has 0 bridgehead atoms. The van der Waals surface area contributed by atoms with Crippen LogP contribution in [0.15, 0.2) is 12.3 Å². The minimum Gasteiger partial charge on any atom is -0.479 e. The smallest absolute Gasteiger partial charge is 0.329 e. The lowest BCUT2D eigenvalue weighted by Gasteiger charge is -2.34. The van der Waals surface area contributed by atoms with Gasteiger partial charge in [-0.1, -0.05) is 13.3 Å². The normalized spacial score (nSPS) is 23.3. The summed E-state index contributed by atoms with van der Waals surface area (Å²) in [6, 6.07) is 1.57. The fourth-order valence-corrected chi connectivity index (χ4v) is 2.70. The Kier molecular flexibility index (Phi) is 3.36. The number of amides is 1. The van der Waals surface area contributed by atoms with E-state index in [1.807, 2.05) is 6.92 Å². The fourth-order valence-electron chi connectivity index (χ4n) is 2.70. The van der Waals surface area contributed by atoms with Crippen LogP contribution in [0.4, 0.5) is 0 Å². The Morgan fingerprint density at radius 2 is 2.39 bits per heavy atom. The van der Waals surface area contributed by atoms with E-state index in [9.17, 15) is 14.7 Å². The van der Waals surface area contributed by atoms with E-state index in [1.54, 1.807) is 6.07 Å². The van der Waals surface area contributed by atoms with Crippen molar-refractivity contribution in [2.75, 3.05) is 6.54 Å². The van der Waals surface area contributed by atoms with Gasteiger partial charge in [-0.25, -0.2) is 4.79 Å². The molecule has 6 heteroatoms. The second kappa shape index (κ2) is 4.80. The Bertz CT molecular complexity index is 443. The summed E-state index contributed by atoms with van der Waals surface area (Å²) in [4.78, 5) is 25.4. The van der Waals surface area contributed by atoms with E-state index in [0.29, 0.717) is 25.1 Å². The van der Waals surface area contributed by atoms with Crippen LogP contribution in [-0.4, -0.2) is 44.2 Å². The van der Waals surface area contributed by atoms with Crippen molar-refractivity contribution in [2.24, 2.45) is 0 Å². The zero-order valence-electron chi connectivity index (χ0n) is 10.3. The molecule has 1 amide bonds. The third-order valence-electron chi connectivity index (χ3n) is 3.53. The highest BCUT2D eigenvalue weighted by Gasteiger charge is 2.49. The van der Waals surface area contributed by atoms with Crippen molar-refractivity contribution in [3.63, 3.8) is 0 Å². The maximum atomic E-state index is 12.3. The maximum Gasteiger partial charge on any atom is 0.329 e. The number of likely N-dealkylation sites (tertiary alicyclic amines) is 1. The molecule has 98 valence electrons. The van der Waals surface area contributed by atoms with Crippen LogP contribution in [0.25, 0.3) is 0 Å². The van der Waals surface area contributed by atoms with Crippen LogP contribution in [0.2, 0.25) is 0 Å². The molecule has 1 aromatic heterocycles. The van der Waals surface area contributed by atoms with Crippen molar-refractivity contribution >= 4 is 11.9 Å². The number of carboxylic acids is 1. The molecule has 6 nitrogen and oxygen atoms in total. The molecule has 1 aliphatic rings. The number of aliphatic carboxylic acids is 1. The van der Waals surface area contributed by atoms with Crippen LogP contribution < -0.4 is 0 Å². The van der Waals surface area contributed by atoms with Crippen molar-refractivity contribution in [1.82, 2.24) is 15.1 Å². The van der Waals surface area contributed by atoms with Crippen molar-refractivity contribution in [2.45, 2.75) is 38.1 Å². The van der Waals surface area contributed by atoms with E-state index in [2.05, 4.69) is 10.2 Å². The van der Waals surface area contributed by atoms with E-state index in [4.69, 9.17) is 0 Å². The number of carbonyl (C=O) groups excluding carboxylic acids is 1. The first kappa shape index (κ1) is 12.6. The van der Waals surface area contributed by atoms with Gasteiger partial charge in [-0.3, -0.25) is 9.89 Å². The van der Waals surface area contributed by atoms with Crippen LogP contribution in [-0.2, 0) is 4.79 Å². The standard InChI is InChI=1S/C12H17N3O3/c1-2-5-12(11(17)18)6-3-8-15(12)10(16)9-4-7-13-14-9/h4,7H,2-3,5-6,8H2,1H3,(H,13,14)(H,17,18). The van der Waals surface area contributed by atoms with Gasteiger partial charge < -0.3 is 10.0 Å². The van der Waals surface area contributed by atoms with E-state index in [0.717, 1.165) is 12.8 Å². The molecular weight excluding hydrogens is 234 g/mol. The van der Waals surface area contributed by atoms with Crippen LogP contribution >= 0.6 is 0 Å². The Labute approximate surface area is 105 Å². The molecule has 1 unspecified atom stereocenters. The van der Waals surface area contributed by atoms with E-state index in [-0.39, 0.29) is 5.91 Å². The molecule has 2 rings (SSSR count). The topological polar surface area (TPSA) is 86.3 Å². The maximum absolute atomic E-state index is 12.3. The minimum atomic E-state index is -1.04. The van der Waals surface area contributed by atoms with Gasteiger partial charge in [-0.15, -0.1) is 0 Å². The predicted molar refractivity (Wildman–Crippen MR) is 64.1 cm³/mol. The second-order valence-corrected chi connectivity index (χ2v) is 4.62. The number of hydrogen-bond acceptors (Lipinski definition) is 3. The van der Waals surface area contributed by atoms with Crippen molar-refractivity contribution in [3.05, 3.63) is 18.0 Å². The molecule has 18 heavy (non-hydrogen) atoms. The fraction of sp³-hybridized carbons (Fsp3) is 0.583. The molecule has 2 N–H and O–H groups in total. The summed E-state index contributed by atoms with van der Waals surface area (Å²) in [7, 11) is 0. The van der Waals surface area contributed by atoms with Gasteiger partial charge in [0.15, 0.2) is 0 Å². The number of nitrogens with zero attached hydrogens (tertiary/aromatic N) is 2. The summed E-state index contributed by atoms with van der Waals surface area (Å²) >= 11 is 0. The first-order chi connectivity index (χ1) is 8.62. The third-order valence-corrected chi connectivity index (χ3v) is 3.53. The summed E-state index contributed by atoms with van der Waals surface area (Å²) < 4.78 is 0. The number of aromatic nitrogens is 2. The van der Waals surface area contributed by atoms with Gasteiger partial charge in [0.2, 0.25) is 0 Å². The number of aromatic amines is 1. The largest absolute Gasteiger partial charge is 0.479 e. The van der Waals surface area contributed by atoms with E-state index < -0.39 is 11.5 Å². The van der Waals surface area contributed by atoms with Gasteiger partial charge in [0.25, 0.3) is 5.91 Å². The Morgan fingerprint density at radius 3 is 2.94 bits per heavy atom. The van der Waals surface area contributed by atoms with Crippen LogP contribution in [0.3, 0.4) is 0 Å². The van der Waals surface area contributed by atoms with Gasteiger partial charge in [-0.2, -0.15) is 5.10 Å². The molecule has 0 spiro atoms. The van der Waals surface area contributed by atoms with Crippen molar-refractivity contribution in [3.8, 4) is 0 Å². The first-order valence-corrected chi connectivity index (χ1v) is 6.16. The summed E-state index contributed by atoms with van der Waals surface area (Å²) in [6.07, 6.45) is 3.97. The predicted octanol–water partition coefficient (Wildman–Crippen LogP) is 1.27. The summed E-state index contributed by atoms with van der Waals surface area (Å²) in [6.45, 7) is 2.42. The zero-order chi connectivity index (χ0) is 13.2. The Hall–Kier alpha value is -1.85. The molecule has 0 aliphatic carbocycles. The molecule has 2 heterocycles. The molecule has 0 radical (unpaired) electrons. The van der Waals surface area contributed by atoms with Gasteiger partial charge in [0.1, 0.15) is 11.2 Å². The zero-order valence-corrected chi connectivity index (χ0v) is 10.3. The Balaban J connectivity index is 2.30. The highest BCUT2D eigenvalue weighted by molar-refractivity contribution is 5.96. The van der Waals surface area contributed by atoms with Gasteiger partial charge in [-0.05, 0) is 25.3 Å². The lowest BCUT2D eigenvalue weighted by Crippen LogP contribution is -2.53.